The van der Waals surface area contributed by atoms with E-state index in [1.54, 1.807) is 6.08 Å². The molecule has 0 aliphatic rings. The zero-order valence-electron chi connectivity index (χ0n) is 53.9. The summed E-state index contributed by atoms with van der Waals surface area (Å²) in [5, 5.41) is 23.3. The molecule has 1 amide bonds. The Labute approximate surface area is 495 Å². The van der Waals surface area contributed by atoms with E-state index in [1.807, 2.05) is 6.08 Å². The maximum absolute atomic E-state index is 12.5. The Kier molecular flexibility index (Phi) is 67.9. The van der Waals surface area contributed by atoms with E-state index < -0.39 is 12.1 Å². The molecule has 0 rings (SSSR count). The number of nitrogens with one attached hydrogen (secondary N) is 1. The first-order valence-corrected chi connectivity index (χ1v) is 36.5. The first kappa shape index (κ1) is 77.6. The van der Waals surface area contributed by atoms with Gasteiger partial charge in [-0.05, 0) is 32.1 Å². The van der Waals surface area contributed by atoms with Crippen molar-refractivity contribution in [2.75, 3.05) is 13.2 Å². The molecule has 0 saturated heterocycles. The molecule has 2 unspecified atom stereocenters. The number of aliphatic hydroxyl groups is 2. The van der Waals surface area contributed by atoms with Crippen LogP contribution >= 0.6 is 0 Å². The third kappa shape index (κ3) is 65.6. The summed E-state index contributed by atoms with van der Waals surface area (Å²) in [5.41, 5.74) is 0. The van der Waals surface area contributed by atoms with Gasteiger partial charge in [-0.2, -0.15) is 0 Å². The number of rotatable bonds is 69. The quantitative estimate of drug-likeness (QED) is 0.0320. The predicted octanol–water partition coefficient (Wildman–Crippen LogP) is 23.5. The normalized spacial score (nSPS) is 12.5. The number of hydrogen-bond donors (Lipinski definition) is 3. The summed E-state index contributed by atoms with van der Waals surface area (Å²) >= 11 is 0. The standard InChI is InChI=1S/C73H143NO5/c1-3-5-7-9-11-13-15-17-19-20-21-28-31-34-38-41-45-49-53-57-61-65-71(76)70(69-75)74-72(77)66-62-58-54-50-46-42-39-35-32-29-26-24-22-23-25-27-30-33-36-40-44-48-52-56-60-64-68-79-73(78)67-63-59-55-51-47-43-37-18-16-14-12-10-8-6-4-2/h61,65,70-71,75-76H,3-60,62-64,66-69H2,1-2H3,(H,74,77)/b65-61+. The first-order valence-electron chi connectivity index (χ1n) is 36.5. The Morgan fingerprint density at radius 3 is 0.861 bits per heavy atom. The van der Waals surface area contributed by atoms with Crippen LogP contribution in [0.1, 0.15) is 418 Å². The zero-order chi connectivity index (χ0) is 57.1. The van der Waals surface area contributed by atoms with Gasteiger partial charge in [0.25, 0.3) is 0 Å². The van der Waals surface area contributed by atoms with E-state index in [9.17, 15) is 19.8 Å². The predicted molar refractivity (Wildman–Crippen MR) is 347 cm³/mol. The fourth-order valence-corrected chi connectivity index (χ4v) is 11.8. The minimum Gasteiger partial charge on any atom is -0.466 e. The largest absolute Gasteiger partial charge is 0.466 e. The highest BCUT2D eigenvalue weighted by Crippen LogP contribution is 2.19. The maximum atomic E-state index is 12.5. The van der Waals surface area contributed by atoms with Crippen LogP contribution in [0.2, 0.25) is 0 Å². The lowest BCUT2D eigenvalue weighted by Gasteiger charge is -2.20. The summed E-state index contributed by atoms with van der Waals surface area (Å²) in [4.78, 5) is 24.6. The number of carbonyl (C=O) groups is 2. The van der Waals surface area contributed by atoms with Gasteiger partial charge in [0.1, 0.15) is 0 Å². The number of allylic oxidation sites excluding steroid dienone is 1. The van der Waals surface area contributed by atoms with Gasteiger partial charge in [-0.25, -0.2) is 0 Å². The Bertz CT molecular complexity index is 1190. The molecule has 0 saturated carbocycles. The van der Waals surface area contributed by atoms with Gasteiger partial charge in [0.05, 0.1) is 25.4 Å². The molecule has 0 aliphatic carbocycles. The van der Waals surface area contributed by atoms with Gasteiger partial charge < -0.3 is 20.3 Å². The number of carbonyl (C=O) groups excluding carboxylic acids is 2. The summed E-state index contributed by atoms with van der Waals surface area (Å²) in [7, 11) is 0. The molecule has 3 N–H and O–H groups in total. The van der Waals surface area contributed by atoms with E-state index in [4.69, 9.17) is 4.74 Å². The van der Waals surface area contributed by atoms with Gasteiger partial charge in [-0.3, -0.25) is 9.59 Å². The van der Waals surface area contributed by atoms with Crippen LogP contribution in [0.5, 0.6) is 0 Å². The van der Waals surface area contributed by atoms with Gasteiger partial charge in [0, 0.05) is 12.8 Å². The molecular weight excluding hydrogens is 971 g/mol. The molecule has 0 aromatic heterocycles. The number of hydrogen-bond acceptors (Lipinski definition) is 5. The van der Waals surface area contributed by atoms with Crippen LogP contribution in [0, 0.1) is 0 Å². The fraction of sp³-hybridized carbons (Fsp3) is 0.945. The second-order valence-corrected chi connectivity index (χ2v) is 25.3. The Morgan fingerprint density at radius 1 is 0.342 bits per heavy atom. The lowest BCUT2D eigenvalue weighted by molar-refractivity contribution is -0.143. The van der Waals surface area contributed by atoms with Crippen molar-refractivity contribution in [3.63, 3.8) is 0 Å². The summed E-state index contributed by atoms with van der Waals surface area (Å²) in [6, 6.07) is -0.626. The Hall–Kier alpha value is -1.40. The van der Waals surface area contributed by atoms with Gasteiger partial charge in [0.2, 0.25) is 5.91 Å². The molecule has 0 aliphatic heterocycles. The van der Waals surface area contributed by atoms with Gasteiger partial charge >= 0.3 is 5.97 Å². The molecule has 470 valence electrons. The summed E-state index contributed by atoms with van der Waals surface area (Å²) in [6.07, 6.45) is 85.8. The number of aliphatic hydroxyl groups excluding tert-OH is 2. The van der Waals surface area contributed by atoms with Crippen LogP contribution < -0.4 is 5.32 Å². The van der Waals surface area contributed by atoms with Gasteiger partial charge in [-0.1, -0.05) is 386 Å². The monoisotopic (exact) mass is 1110 g/mol. The van der Waals surface area contributed by atoms with Gasteiger partial charge in [0.15, 0.2) is 0 Å². The van der Waals surface area contributed by atoms with Crippen LogP contribution in [0.25, 0.3) is 0 Å². The highest BCUT2D eigenvalue weighted by Gasteiger charge is 2.18. The minimum absolute atomic E-state index is 0.0209. The zero-order valence-corrected chi connectivity index (χ0v) is 53.9. The van der Waals surface area contributed by atoms with Crippen molar-refractivity contribution in [1.29, 1.82) is 0 Å². The van der Waals surface area contributed by atoms with Crippen LogP contribution in [-0.4, -0.2) is 47.4 Å². The topological polar surface area (TPSA) is 95.9 Å². The molecule has 2 atom stereocenters. The van der Waals surface area contributed by atoms with E-state index in [2.05, 4.69) is 19.2 Å². The van der Waals surface area contributed by atoms with Crippen molar-refractivity contribution in [2.45, 2.75) is 431 Å². The van der Waals surface area contributed by atoms with Crippen LogP contribution in [-0.2, 0) is 14.3 Å². The molecule has 6 nitrogen and oxygen atoms in total. The Balaban J connectivity index is 3.37. The van der Waals surface area contributed by atoms with Crippen LogP contribution in [0.3, 0.4) is 0 Å². The van der Waals surface area contributed by atoms with E-state index in [-0.39, 0.29) is 18.5 Å². The lowest BCUT2D eigenvalue weighted by Crippen LogP contribution is -2.45. The van der Waals surface area contributed by atoms with Crippen molar-refractivity contribution < 1.29 is 24.5 Å². The lowest BCUT2D eigenvalue weighted by atomic mass is 10.0. The van der Waals surface area contributed by atoms with Crippen molar-refractivity contribution >= 4 is 11.9 Å². The summed E-state index contributed by atoms with van der Waals surface area (Å²) in [6.45, 7) is 4.96. The number of esters is 1. The molecule has 0 fully saturated rings. The highest BCUT2D eigenvalue weighted by molar-refractivity contribution is 5.76. The molecule has 0 heterocycles. The molecule has 0 radical (unpaired) electrons. The molecule has 0 bridgehead atoms. The second-order valence-electron chi connectivity index (χ2n) is 25.3. The minimum atomic E-state index is -0.843. The van der Waals surface area contributed by atoms with Crippen molar-refractivity contribution in [1.82, 2.24) is 5.32 Å². The third-order valence-corrected chi connectivity index (χ3v) is 17.3. The molecule has 0 spiro atoms. The van der Waals surface area contributed by atoms with E-state index in [0.29, 0.717) is 19.4 Å². The van der Waals surface area contributed by atoms with E-state index >= 15 is 0 Å². The van der Waals surface area contributed by atoms with Gasteiger partial charge in [-0.15, -0.1) is 0 Å². The van der Waals surface area contributed by atoms with Crippen molar-refractivity contribution in [2.24, 2.45) is 0 Å². The highest BCUT2D eigenvalue weighted by atomic mass is 16.5. The van der Waals surface area contributed by atoms with Crippen molar-refractivity contribution in [3.8, 4) is 0 Å². The summed E-state index contributed by atoms with van der Waals surface area (Å²) in [5.74, 6) is -0.0400. The Morgan fingerprint density at radius 2 is 0.582 bits per heavy atom. The average molecular weight is 1110 g/mol. The number of unbranched alkanes of at least 4 members (excludes halogenated alkanes) is 58. The fourth-order valence-electron chi connectivity index (χ4n) is 11.8. The first-order chi connectivity index (χ1) is 39.0. The SMILES string of the molecule is CCCCCCCCCCCCCCCCCCCCC/C=C/C(O)C(CO)NC(=O)CCCCCCCCCCCCCCCCCCCCCCCCCCCCOC(=O)CCCCCCCCCCCCCCCCC. The maximum Gasteiger partial charge on any atom is 0.305 e. The van der Waals surface area contributed by atoms with Crippen LogP contribution in [0.15, 0.2) is 12.2 Å². The summed E-state index contributed by atoms with van der Waals surface area (Å²) < 4.78 is 5.50. The second kappa shape index (κ2) is 69.1. The number of amides is 1. The van der Waals surface area contributed by atoms with Crippen LogP contribution in [0.4, 0.5) is 0 Å². The molecular formula is C73H143NO5. The number of ether oxygens (including phenoxy) is 1. The smallest absolute Gasteiger partial charge is 0.305 e. The van der Waals surface area contributed by atoms with Crippen molar-refractivity contribution in [3.05, 3.63) is 12.2 Å². The molecule has 0 aromatic carbocycles. The molecule has 79 heavy (non-hydrogen) atoms. The average Bonchev–Trinajstić information content (AvgIpc) is 3.45. The molecule has 6 heteroatoms. The van der Waals surface area contributed by atoms with E-state index in [0.717, 1.165) is 38.5 Å². The van der Waals surface area contributed by atoms with E-state index in [1.165, 1.54) is 353 Å². The third-order valence-electron chi connectivity index (χ3n) is 17.3. The molecule has 0 aromatic rings.